The van der Waals surface area contributed by atoms with Gasteiger partial charge in [0.15, 0.2) is 5.96 Å². The van der Waals surface area contributed by atoms with Crippen LogP contribution in [-0.4, -0.2) is 85.2 Å². The highest BCUT2D eigenvalue weighted by Crippen LogP contribution is 2.09. The van der Waals surface area contributed by atoms with Crippen LogP contribution in [0.3, 0.4) is 0 Å². The SMILES string of the molecule is CCNC(=NCCN1CCN(c2ncccn2)CC1)NCCSC.I. The zero-order valence-corrected chi connectivity index (χ0v) is 18.3. The van der Waals surface area contributed by atoms with E-state index in [-0.39, 0.29) is 24.0 Å². The summed E-state index contributed by atoms with van der Waals surface area (Å²) in [6.07, 6.45) is 5.72. The molecule has 0 spiro atoms. The third-order valence-corrected chi connectivity index (χ3v) is 4.45. The van der Waals surface area contributed by atoms with Gasteiger partial charge in [0, 0.05) is 64.0 Å². The Hall–Kier alpha value is -0.810. The van der Waals surface area contributed by atoms with Crippen LogP contribution in [0.2, 0.25) is 0 Å². The molecule has 1 aromatic rings. The number of hydrogen-bond acceptors (Lipinski definition) is 6. The second-order valence-electron chi connectivity index (χ2n) is 5.56. The van der Waals surface area contributed by atoms with Crippen LogP contribution in [0.25, 0.3) is 0 Å². The molecule has 1 aromatic heterocycles. The number of aliphatic imine (C=N–C) groups is 1. The van der Waals surface area contributed by atoms with E-state index in [4.69, 9.17) is 0 Å². The van der Waals surface area contributed by atoms with Gasteiger partial charge in [0.1, 0.15) is 0 Å². The molecule has 0 aromatic carbocycles. The number of piperazine rings is 1. The van der Waals surface area contributed by atoms with E-state index < -0.39 is 0 Å². The molecule has 7 nitrogen and oxygen atoms in total. The highest BCUT2D eigenvalue weighted by molar-refractivity contribution is 14.0. The van der Waals surface area contributed by atoms with Crippen molar-refractivity contribution < 1.29 is 0 Å². The summed E-state index contributed by atoms with van der Waals surface area (Å²) in [4.78, 5) is 18.0. The quantitative estimate of drug-likeness (QED) is 0.251. The summed E-state index contributed by atoms with van der Waals surface area (Å²) in [5.74, 6) is 2.85. The maximum Gasteiger partial charge on any atom is 0.225 e. The second kappa shape index (κ2) is 13.4. The van der Waals surface area contributed by atoms with Crippen molar-refractivity contribution in [2.24, 2.45) is 4.99 Å². The van der Waals surface area contributed by atoms with Crippen molar-refractivity contribution in [2.45, 2.75) is 6.92 Å². The van der Waals surface area contributed by atoms with Gasteiger partial charge in [0.2, 0.25) is 5.95 Å². The summed E-state index contributed by atoms with van der Waals surface area (Å²) < 4.78 is 0. The fourth-order valence-corrected chi connectivity index (χ4v) is 2.85. The molecule has 0 amide bonds. The molecule has 0 aliphatic carbocycles. The van der Waals surface area contributed by atoms with Crippen molar-refractivity contribution in [3.63, 3.8) is 0 Å². The number of guanidine groups is 1. The van der Waals surface area contributed by atoms with Gasteiger partial charge in [-0.3, -0.25) is 9.89 Å². The van der Waals surface area contributed by atoms with Crippen LogP contribution < -0.4 is 15.5 Å². The number of thioether (sulfide) groups is 1. The van der Waals surface area contributed by atoms with Crippen molar-refractivity contribution in [1.29, 1.82) is 0 Å². The van der Waals surface area contributed by atoms with Gasteiger partial charge in [-0.2, -0.15) is 11.8 Å². The van der Waals surface area contributed by atoms with Gasteiger partial charge in [-0.05, 0) is 19.2 Å². The average molecular weight is 479 g/mol. The standard InChI is InChI=1S/C16H29N7S.HI/c1-3-17-15(19-8-14-24-2)18-7-9-22-10-12-23(13-11-22)16-20-5-4-6-21-16;/h4-6H,3,7-14H2,1-2H3,(H2,17,18,19);1H. The van der Waals surface area contributed by atoms with Crippen molar-refractivity contribution >= 4 is 47.6 Å². The smallest absolute Gasteiger partial charge is 0.225 e. The minimum absolute atomic E-state index is 0. The van der Waals surface area contributed by atoms with E-state index in [0.717, 1.165) is 70.0 Å². The van der Waals surface area contributed by atoms with Crippen LogP contribution in [0, 0.1) is 0 Å². The van der Waals surface area contributed by atoms with Crippen LogP contribution >= 0.6 is 35.7 Å². The van der Waals surface area contributed by atoms with Crippen LogP contribution in [0.4, 0.5) is 5.95 Å². The molecule has 142 valence electrons. The summed E-state index contributed by atoms with van der Waals surface area (Å²) in [5, 5.41) is 6.66. The molecule has 25 heavy (non-hydrogen) atoms. The Morgan fingerprint density at radius 3 is 2.56 bits per heavy atom. The number of aromatic nitrogens is 2. The molecule has 2 rings (SSSR count). The largest absolute Gasteiger partial charge is 0.357 e. The normalized spacial score (nSPS) is 15.6. The van der Waals surface area contributed by atoms with E-state index in [0.29, 0.717) is 0 Å². The maximum atomic E-state index is 4.66. The molecule has 0 radical (unpaired) electrons. The zero-order chi connectivity index (χ0) is 17.0. The topological polar surface area (TPSA) is 68.7 Å². The predicted molar refractivity (Wildman–Crippen MR) is 118 cm³/mol. The highest BCUT2D eigenvalue weighted by Gasteiger charge is 2.18. The molecule has 1 saturated heterocycles. The van der Waals surface area contributed by atoms with E-state index in [1.807, 2.05) is 17.8 Å². The minimum atomic E-state index is 0. The molecule has 2 N–H and O–H groups in total. The fourth-order valence-electron chi connectivity index (χ4n) is 2.54. The fraction of sp³-hybridized carbons (Fsp3) is 0.688. The summed E-state index contributed by atoms with van der Waals surface area (Å²) in [6, 6.07) is 1.85. The molecular formula is C16H30IN7S. The number of hydrogen-bond donors (Lipinski definition) is 2. The molecular weight excluding hydrogens is 449 g/mol. The summed E-state index contributed by atoms with van der Waals surface area (Å²) in [7, 11) is 0. The monoisotopic (exact) mass is 479 g/mol. The zero-order valence-electron chi connectivity index (χ0n) is 15.1. The van der Waals surface area contributed by atoms with Crippen LogP contribution in [-0.2, 0) is 0 Å². The summed E-state index contributed by atoms with van der Waals surface area (Å²) >= 11 is 1.84. The summed E-state index contributed by atoms with van der Waals surface area (Å²) in [6.45, 7) is 9.74. The first kappa shape index (κ1) is 22.2. The number of halogens is 1. The van der Waals surface area contributed by atoms with Crippen molar-refractivity contribution in [2.75, 3.05) is 69.3 Å². The van der Waals surface area contributed by atoms with Gasteiger partial charge in [-0.25, -0.2) is 9.97 Å². The van der Waals surface area contributed by atoms with Gasteiger partial charge in [0.05, 0.1) is 6.54 Å². The van der Waals surface area contributed by atoms with E-state index in [9.17, 15) is 0 Å². The summed E-state index contributed by atoms with van der Waals surface area (Å²) in [5.41, 5.74) is 0. The molecule has 2 heterocycles. The molecule has 0 unspecified atom stereocenters. The molecule has 1 aliphatic heterocycles. The molecule has 1 aliphatic rings. The Bertz CT molecular complexity index is 481. The minimum Gasteiger partial charge on any atom is -0.357 e. The molecule has 0 saturated carbocycles. The first-order valence-electron chi connectivity index (χ1n) is 8.59. The van der Waals surface area contributed by atoms with Crippen LogP contribution in [0.1, 0.15) is 6.92 Å². The molecule has 1 fully saturated rings. The number of nitrogens with one attached hydrogen (secondary N) is 2. The average Bonchev–Trinajstić information content (AvgIpc) is 2.63. The van der Waals surface area contributed by atoms with E-state index in [1.165, 1.54) is 0 Å². The van der Waals surface area contributed by atoms with Crippen molar-refractivity contribution in [1.82, 2.24) is 25.5 Å². The second-order valence-corrected chi connectivity index (χ2v) is 6.54. The lowest BCUT2D eigenvalue weighted by atomic mass is 10.3. The van der Waals surface area contributed by atoms with Crippen molar-refractivity contribution in [3.8, 4) is 0 Å². The Morgan fingerprint density at radius 1 is 1.20 bits per heavy atom. The Morgan fingerprint density at radius 2 is 1.92 bits per heavy atom. The molecule has 0 bridgehead atoms. The number of anilines is 1. The lowest BCUT2D eigenvalue weighted by molar-refractivity contribution is 0.263. The lowest BCUT2D eigenvalue weighted by Crippen LogP contribution is -2.47. The third kappa shape index (κ3) is 8.41. The van der Waals surface area contributed by atoms with Gasteiger partial charge >= 0.3 is 0 Å². The van der Waals surface area contributed by atoms with Gasteiger partial charge in [0.25, 0.3) is 0 Å². The van der Waals surface area contributed by atoms with E-state index >= 15 is 0 Å². The number of nitrogens with zero attached hydrogens (tertiary/aromatic N) is 5. The first-order valence-corrected chi connectivity index (χ1v) is 9.98. The molecule has 9 heteroatoms. The van der Waals surface area contributed by atoms with E-state index in [1.54, 1.807) is 12.4 Å². The first-order chi connectivity index (χ1) is 11.8. The Kier molecular flexibility index (Phi) is 11.9. The van der Waals surface area contributed by atoms with Gasteiger partial charge in [-0.15, -0.1) is 24.0 Å². The van der Waals surface area contributed by atoms with E-state index in [2.05, 4.69) is 48.6 Å². The van der Waals surface area contributed by atoms with Gasteiger partial charge < -0.3 is 15.5 Å². The van der Waals surface area contributed by atoms with Crippen LogP contribution in [0.15, 0.2) is 23.5 Å². The Labute approximate surface area is 172 Å². The third-order valence-electron chi connectivity index (χ3n) is 3.84. The van der Waals surface area contributed by atoms with Crippen LogP contribution in [0.5, 0.6) is 0 Å². The highest BCUT2D eigenvalue weighted by atomic mass is 127. The van der Waals surface area contributed by atoms with Gasteiger partial charge in [-0.1, -0.05) is 0 Å². The van der Waals surface area contributed by atoms with Crippen molar-refractivity contribution in [3.05, 3.63) is 18.5 Å². The Balaban J connectivity index is 0.00000312. The predicted octanol–water partition coefficient (Wildman–Crippen LogP) is 1.13. The molecule has 0 atom stereocenters. The lowest BCUT2D eigenvalue weighted by Gasteiger charge is -2.34. The maximum absolute atomic E-state index is 4.66. The number of rotatable bonds is 8.